The van der Waals surface area contributed by atoms with Crippen molar-refractivity contribution in [1.29, 1.82) is 5.26 Å². The van der Waals surface area contributed by atoms with Crippen LogP contribution in [0.15, 0.2) is 0 Å². The monoisotopic (exact) mass is 183 g/mol. The molecule has 0 radical (unpaired) electrons. The van der Waals surface area contributed by atoms with E-state index in [2.05, 4.69) is 13.0 Å². The number of rotatable bonds is 3. The van der Waals surface area contributed by atoms with Gasteiger partial charge in [0.15, 0.2) is 0 Å². The van der Waals surface area contributed by atoms with Crippen molar-refractivity contribution in [3.8, 4) is 6.07 Å². The normalized spacial score (nSPS) is 34.1. The molecule has 0 aromatic carbocycles. The summed E-state index contributed by atoms with van der Waals surface area (Å²) in [6.45, 7) is 1.82. The molecule has 74 valence electrons. The van der Waals surface area contributed by atoms with Gasteiger partial charge in [-0.25, -0.2) is 0 Å². The first kappa shape index (κ1) is 10.5. The van der Waals surface area contributed by atoms with Crippen molar-refractivity contribution in [2.45, 2.75) is 45.4 Å². The topological polar surface area (TPSA) is 23.8 Å². The largest absolute Gasteiger partial charge is 0.251 e. The second-order valence-corrected chi connectivity index (χ2v) is 4.20. The van der Waals surface area contributed by atoms with Gasteiger partial charge in [-0.05, 0) is 25.2 Å². The maximum absolute atomic E-state index is 12.3. The molecule has 0 heterocycles. The first-order valence-electron chi connectivity index (χ1n) is 5.23. The van der Waals surface area contributed by atoms with Crippen LogP contribution in [0.25, 0.3) is 0 Å². The zero-order valence-electron chi connectivity index (χ0n) is 8.35. The number of halogens is 1. The van der Waals surface area contributed by atoms with Crippen molar-refractivity contribution in [3.05, 3.63) is 0 Å². The Balaban J connectivity index is 2.59. The lowest BCUT2D eigenvalue weighted by Crippen LogP contribution is -2.27. The number of hydrogen-bond donors (Lipinski definition) is 0. The molecule has 1 nitrogen and oxygen atoms in total. The lowest BCUT2D eigenvalue weighted by Gasteiger charge is -2.34. The van der Waals surface area contributed by atoms with E-state index in [-0.39, 0.29) is 12.1 Å². The second-order valence-electron chi connectivity index (χ2n) is 4.20. The minimum atomic E-state index is -0.343. The molecule has 13 heavy (non-hydrogen) atoms. The molecule has 0 spiro atoms. The molecule has 2 unspecified atom stereocenters. The molecular formula is C11H18FN. The fraction of sp³-hybridized carbons (Fsp3) is 0.909. The molecule has 1 aliphatic rings. The number of hydrogen-bond acceptors (Lipinski definition) is 1. The van der Waals surface area contributed by atoms with Crippen LogP contribution in [0.1, 0.15) is 45.4 Å². The van der Waals surface area contributed by atoms with E-state index in [0.717, 1.165) is 25.7 Å². The Kier molecular flexibility index (Phi) is 3.71. The van der Waals surface area contributed by atoms with Gasteiger partial charge in [0.05, 0.1) is 18.2 Å². The highest BCUT2D eigenvalue weighted by atomic mass is 19.1. The van der Waals surface area contributed by atoms with Gasteiger partial charge in [-0.2, -0.15) is 5.26 Å². The molecule has 0 bridgehead atoms. The zero-order valence-corrected chi connectivity index (χ0v) is 8.35. The Hall–Kier alpha value is -0.580. The van der Waals surface area contributed by atoms with Crippen molar-refractivity contribution in [1.82, 2.24) is 0 Å². The van der Waals surface area contributed by atoms with Gasteiger partial charge in [-0.1, -0.05) is 26.2 Å². The smallest absolute Gasteiger partial charge is 0.0909 e. The SMILES string of the molecule is CCC1CCCC(C#N)(CCF)C1. The number of alkyl halides is 1. The van der Waals surface area contributed by atoms with Crippen molar-refractivity contribution in [2.24, 2.45) is 11.3 Å². The summed E-state index contributed by atoms with van der Waals surface area (Å²) in [4.78, 5) is 0. The van der Waals surface area contributed by atoms with Crippen LogP contribution in [0.4, 0.5) is 4.39 Å². The number of nitriles is 1. The highest BCUT2D eigenvalue weighted by molar-refractivity contribution is 5.01. The fourth-order valence-corrected chi connectivity index (χ4v) is 2.40. The Morgan fingerprint density at radius 2 is 2.38 bits per heavy atom. The molecule has 0 aromatic heterocycles. The van der Waals surface area contributed by atoms with E-state index in [1.54, 1.807) is 0 Å². The molecule has 0 aliphatic heterocycles. The summed E-state index contributed by atoms with van der Waals surface area (Å²) >= 11 is 0. The lowest BCUT2D eigenvalue weighted by atomic mass is 9.68. The minimum Gasteiger partial charge on any atom is -0.251 e. The standard InChI is InChI=1S/C11H18FN/c1-2-10-4-3-5-11(8-10,9-13)6-7-12/h10H,2-8H2,1H3. The van der Waals surface area contributed by atoms with Gasteiger partial charge in [0.1, 0.15) is 0 Å². The van der Waals surface area contributed by atoms with Crippen molar-refractivity contribution >= 4 is 0 Å². The van der Waals surface area contributed by atoms with Crippen LogP contribution in [0.2, 0.25) is 0 Å². The first-order valence-corrected chi connectivity index (χ1v) is 5.23. The quantitative estimate of drug-likeness (QED) is 0.657. The summed E-state index contributed by atoms with van der Waals surface area (Å²) in [6.07, 6.45) is 5.74. The predicted octanol–water partition coefficient (Wildman–Crippen LogP) is 3.46. The van der Waals surface area contributed by atoms with E-state index in [0.29, 0.717) is 12.3 Å². The van der Waals surface area contributed by atoms with Crippen molar-refractivity contribution < 1.29 is 4.39 Å². The number of nitrogens with zero attached hydrogens (tertiary/aromatic N) is 1. The first-order chi connectivity index (χ1) is 6.26. The Morgan fingerprint density at radius 1 is 1.62 bits per heavy atom. The molecular weight excluding hydrogens is 165 g/mol. The molecule has 0 aromatic rings. The minimum absolute atomic E-state index is 0.326. The molecule has 0 amide bonds. The van der Waals surface area contributed by atoms with Crippen LogP contribution in [-0.2, 0) is 0 Å². The highest BCUT2D eigenvalue weighted by Gasteiger charge is 2.35. The molecule has 1 rings (SSSR count). The summed E-state index contributed by atoms with van der Waals surface area (Å²) in [6, 6.07) is 2.34. The maximum Gasteiger partial charge on any atom is 0.0909 e. The Morgan fingerprint density at radius 3 is 2.92 bits per heavy atom. The summed E-state index contributed by atoms with van der Waals surface area (Å²) in [5, 5.41) is 9.07. The maximum atomic E-state index is 12.3. The van der Waals surface area contributed by atoms with E-state index in [1.165, 1.54) is 6.42 Å². The zero-order chi connectivity index (χ0) is 9.73. The van der Waals surface area contributed by atoms with Crippen LogP contribution in [-0.4, -0.2) is 6.67 Å². The van der Waals surface area contributed by atoms with E-state index in [4.69, 9.17) is 5.26 Å². The van der Waals surface area contributed by atoms with Crippen LogP contribution in [0.3, 0.4) is 0 Å². The van der Waals surface area contributed by atoms with Gasteiger partial charge in [0.25, 0.3) is 0 Å². The molecule has 2 heteroatoms. The van der Waals surface area contributed by atoms with Gasteiger partial charge in [0.2, 0.25) is 0 Å². The van der Waals surface area contributed by atoms with Crippen LogP contribution >= 0.6 is 0 Å². The average Bonchev–Trinajstić information content (AvgIpc) is 2.19. The van der Waals surface area contributed by atoms with Crippen molar-refractivity contribution in [2.75, 3.05) is 6.67 Å². The van der Waals surface area contributed by atoms with Crippen LogP contribution in [0.5, 0.6) is 0 Å². The van der Waals surface area contributed by atoms with Gasteiger partial charge >= 0.3 is 0 Å². The molecule has 1 saturated carbocycles. The Labute approximate surface area is 79.9 Å². The summed E-state index contributed by atoms with van der Waals surface area (Å²) in [7, 11) is 0. The predicted molar refractivity (Wildman–Crippen MR) is 50.9 cm³/mol. The molecule has 1 aliphatic carbocycles. The van der Waals surface area contributed by atoms with E-state index >= 15 is 0 Å². The average molecular weight is 183 g/mol. The fourth-order valence-electron chi connectivity index (χ4n) is 2.40. The van der Waals surface area contributed by atoms with Gasteiger partial charge < -0.3 is 0 Å². The van der Waals surface area contributed by atoms with E-state index < -0.39 is 0 Å². The molecule has 0 N–H and O–H groups in total. The van der Waals surface area contributed by atoms with Gasteiger partial charge in [-0.15, -0.1) is 0 Å². The third-order valence-electron chi connectivity index (χ3n) is 3.33. The molecule has 2 atom stereocenters. The third-order valence-corrected chi connectivity index (χ3v) is 3.33. The lowest BCUT2D eigenvalue weighted by molar-refractivity contribution is 0.170. The Bertz CT molecular complexity index is 193. The molecule has 1 fully saturated rings. The van der Waals surface area contributed by atoms with Crippen LogP contribution in [0, 0.1) is 22.7 Å². The third kappa shape index (κ3) is 2.43. The van der Waals surface area contributed by atoms with Gasteiger partial charge in [-0.3, -0.25) is 4.39 Å². The summed E-state index contributed by atoms with van der Waals surface area (Å²) < 4.78 is 12.3. The second kappa shape index (κ2) is 4.60. The van der Waals surface area contributed by atoms with Crippen LogP contribution < -0.4 is 0 Å². The summed E-state index contributed by atoms with van der Waals surface area (Å²) in [5.41, 5.74) is -0.326. The molecule has 0 saturated heterocycles. The van der Waals surface area contributed by atoms with Crippen molar-refractivity contribution in [3.63, 3.8) is 0 Å². The van der Waals surface area contributed by atoms with E-state index in [9.17, 15) is 4.39 Å². The van der Waals surface area contributed by atoms with E-state index in [1.807, 2.05) is 0 Å². The van der Waals surface area contributed by atoms with Gasteiger partial charge in [0, 0.05) is 0 Å². The summed E-state index contributed by atoms with van der Waals surface area (Å²) in [5.74, 6) is 0.653. The highest BCUT2D eigenvalue weighted by Crippen LogP contribution is 2.42.